The first-order valence-electron chi connectivity index (χ1n) is 23.2. The largest absolute Gasteiger partial charge is 0.472 e. The summed E-state index contributed by atoms with van der Waals surface area (Å²) in [6.45, 7) is 2.30. The quantitative estimate of drug-likeness (QED) is 0.0234. The van der Waals surface area contributed by atoms with Crippen molar-refractivity contribution in [2.45, 2.75) is 206 Å². The fourth-order valence-corrected chi connectivity index (χ4v) is 6.82. The Kier molecular flexibility index (Phi) is 42.0. The van der Waals surface area contributed by atoms with E-state index < -0.39 is 51.8 Å². The zero-order valence-corrected chi connectivity index (χ0v) is 38.1. The maximum atomic E-state index is 12.6. The van der Waals surface area contributed by atoms with Crippen LogP contribution in [0.3, 0.4) is 0 Å². The normalized spacial score (nSPS) is 14.3. The number of ether oxygens (including phenoxy) is 2. The Morgan fingerprint density at radius 3 is 1.32 bits per heavy atom. The number of esters is 2. The third-order valence-electron chi connectivity index (χ3n) is 9.64. The second kappa shape index (κ2) is 43.7. The monoisotopic (exact) mass is 853 g/mol. The van der Waals surface area contributed by atoms with Crippen LogP contribution in [0.4, 0.5) is 0 Å². The van der Waals surface area contributed by atoms with Crippen LogP contribution in [0, 0.1) is 0 Å². The summed E-state index contributed by atoms with van der Waals surface area (Å²) in [4.78, 5) is 35.1. The molecule has 10 nitrogen and oxygen atoms in total. The number of carbonyl (C=O) groups excluding carboxylic acids is 2. The van der Waals surface area contributed by atoms with Crippen LogP contribution in [0.5, 0.6) is 0 Å². The molecule has 0 saturated heterocycles. The smallest absolute Gasteiger partial charge is 0.462 e. The van der Waals surface area contributed by atoms with Crippen molar-refractivity contribution in [3.8, 4) is 0 Å². The van der Waals surface area contributed by atoms with Crippen LogP contribution in [0.25, 0.3) is 0 Å². The van der Waals surface area contributed by atoms with Gasteiger partial charge in [0.05, 0.1) is 19.8 Å². The van der Waals surface area contributed by atoms with E-state index in [2.05, 4.69) is 74.6 Å². The van der Waals surface area contributed by atoms with Crippen molar-refractivity contribution in [1.82, 2.24) is 0 Å². The number of allylic oxidation sites excluding steroid dienone is 10. The molecule has 0 aliphatic rings. The van der Waals surface area contributed by atoms with Crippen LogP contribution in [0.2, 0.25) is 0 Å². The van der Waals surface area contributed by atoms with Crippen molar-refractivity contribution in [3.05, 3.63) is 60.8 Å². The first-order chi connectivity index (χ1) is 28.7. The topological polar surface area (TPSA) is 149 Å². The Labute approximate surface area is 359 Å². The molecule has 0 aromatic carbocycles. The molecule has 1 unspecified atom stereocenters. The third-order valence-corrected chi connectivity index (χ3v) is 10.6. The number of aliphatic hydroxyl groups excluding tert-OH is 2. The number of phosphoric acid groups is 1. The molecule has 0 radical (unpaired) electrons. The summed E-state index contributed by atoms with van der Waals surface area (Å²) in [6, 6.07) is 0. The number of rotatable bonds is 43. The summed E-state index contributed by atoms with van der Waals surface area (Å²) < 4.78 is 32.8. The van der Waals surface area contributed by atoms with Crippen molar-refractivity contribution in [1.29, 1.82) is 0 Å². The van der Waals surface area contributed by atoms with Gasteiger partial charge in [0.1, 0.15) is 12.7 Å². The van der Waals surface area contributed by atoms with Gasteiger partial charge in [0, 0.05) is 12.8 Å². The maximum Gasteiger partial charge on any atom is 0.472 e. The first-order valence-corrected chi connectivity index (χ1v) is 24.7. The molecular weight excluding hydrogens is 767 g/mol. The number of hydrogen-bond acceptors (Lipinski definition) is 9. The lowest BCUT2D eigenvalue weighted by atomic mass is 10.1. The summed E-state index contributed by atoms with van der Waals surface area (Å²) in [5.74, 6) is -0.956. The minimum atomic E-state index is -4.63. The molecule has 0 fully saturated rings. The number of aliphatic hydroxyl groups is 2. The van der Waals surface area contributed by atoms with Gasteiger partial charge in [0.25, 0.3) is 0 Å². The summed E-state index contributed by atoms with van der Waals surface area (Å²) >= 11 is 0. The van der Waals surface area contributed by atoms with E-state index in [1.54, 1.807) is 0 Å². The zero-order valence-electron chi connectivity index (χ0n) is 37.2. The highest BCUT2D eigenvalue weighted by Gasteiger charge is 2.27. The Bertz CT molecular complexity index is 1160. The van der Waals surface area contributed by atoms with E-state index in [4.69, 9.17) is 23.6 Å². The molecule has 0 spiro atoms. The lowest BCUT2D eigenvalue weighted by Crippen LogP contribution is -2.29. The molecule has 0 rings (SSSR count). The molecule has 0 saturated carbocycles. The van der Waals surface area contributed by atoms with Crippen LogP contribution in [-0.2, 0) is 32.7 Å². The van der Waals surface area contributed by atoms with Crippen molar-refractivity contribution in [3.63, 3.8) is 0 Å². The van der Waals surface area contributed by atoms with Crippen molar-refractivity contribution in [2.75, 3.05) is 26.4 Å². The van der Waals surface area contributed by atoms with Gasteiger partial charge in [0.15, 0.2) is 6.10 Å². The van der Waals surface area contributed by atoms with E-state index in [0.29, 0.717) is 12.8 Å². The van der Waals surface area contributed by atoms with E-state index in [1.165, 1.54) is 83.5 Å². The number of unbranched alkanes of at least 4 members (excludes halogenated alkanes) is 19. The lowest BCUT2D eigenvalue weighted by molar-refractivity contribution is -0.161. The van der Waals surface area contributed by atoms with Gasteiger partial charge in [-0.05, 0) is 83.5 Å². The van der Waals surface area contributed by atoms with Gasteiger partial charge in [0.2, 0.25) is 0 Å². The minimum absolute atomic E-state index is 0.172. The molecule has 342 valence electrons. The molecule has 0 aliphatic heterocycles. The van der Waals surface area contributed by atoms with Gasteiger partial charge < -0.3 is 24.6 Å². The standard InChI is InChI=1S/C48H85O10P/c1-3-5-7-9-11-13-15-17-19-21-22-24-26-28-30-32-34-36-38-40-48(52)58-46(44-57-59(53,54)56-42-45(50)41-49)43-55-47(51)39-37-35-33-31-29-27-25-23-20-18-16-14-12-10-8-6-4-2/h11-14,17-20,25,27,45-46,49-50H,3-10,15-16,21-24,26,28-44H2,1-2H3,(H,53,54)/b13-11-,14-12-,19-17-,20-18-,27-25-/t45-,46+/m0/s1. The maximum absolute atomic E-state index is 12.6. The van der Waals surface area contributed by atoms with Crippen molar-refractivity contribution < 1.29 is 47.8 Å². The fourth-order valence-electron chi connectivity index (χ4n) is 6.03. The predicted molar refractivity (Wildman–Crippen MR) is 242 cm³/mol. The highest BCUT2D eigenvalue weighted by Crippen LogP contribution is 2.43. The number of phosphoric ester groups is 1. The molecule has 0 aromatic rings. The van der Waals surface area contributed by atoms with Crippen LogP contribution >= 0.6 is 7.82 Å². The molecule has 0 amide bonds. The highest BCUT2D eigenvalue weighted by molar-refractivity contribution is 7.47. The Hall–Kier alpha value is -2.33. The molecule has 0 bridgehead atoms. The molecule has 0 aliphatic carbocycles. The molecule has 11 heteroatoms. The van der Waals surface area contributed by atoms with Gasteiger partial charge in [-0.15, -0.1) is 0 Å². The van der Waals surface area contributed by atoms with Crippen molar-refractivity contribution in [2.24, 2.45) is 0 Å². The van der Waals surface area contributed by atoms with Gasteiger partial charge in [-0.1, -0.05) is 158 Å². The van der Waals surface area contributed by atoms with E-state index in [0.717, 1.165) is 70.6 Å². The van der Waals surface area contributed by atoms with Crippen LogP contribution in [0.15, 0.2) is 60.8 Å². The molecule has 59 heavy (non-hydrogen) atoms. The van der Waals surface area contributed by atoms with E-state index in [-0.39, 0.29) is 19.4 Å². The molecular formula is C48H85O10P. The Morgan fingerprint density at radius 1 is 0.508 bits per heavy atom. The third kappa shape index (κ3) is 43.6. The SMILES string of the molecule is CCCCC/C=C\C/C=C\C/C=C\CCCCCCC(=O)OC[C@H](COP(=O)(O)OC[C@@H](O)CO)OC(=O)CCCCCCCCCCC/C=C\C/C=C\CCCCC. The van der Waals surface area contributed by atoms with Gasteiger partial charge in [-0.2, -0.15) is 0 Å². The summed E-state index contributed by atoms with van der Waals surface area (Å²) in [5.41, 5.74) is 0. The number of hydrogen-bond donors (Lipinski definition) is 3. The van der Waals surface area contributed by atoms with Gasteiger partial charge in [-0.3, -0.25) is 18.6 Å². The van der Waals surface area contributed by atoms with E-state index in [9.17, 15) is 24.2 Å². The molecule has 0 heterocycles. The summed E-state index contributed by atoms with van der Waals surface area (Å²) in [5, 5.41) is 18.4. The van der Waals surface area contributed by atoms with Gasteiger partial charge in [-0.25, -0.2) is 4.57 Å². The molecule has 0 aromatic heterocycles. The summed E-state index contributed by atoms with van der Waals surface area (Å²) in [7, 11) is -4.63. The van der Waals surface area contributed by atoms with Crippen LogP contribution in [-0.4, -0.2) is 65.7 Å². The number of carbonyl (C=O) groups is 2. The Balaban J connectivity index is 4.30. The summed E-state index contributed by atoms with van der Waals surface area (Å²) in [6.07, 6.45) is 48.9. The highest BCUT2D eigenvalue weighted by atomic mass is 31.2. The average molecular weight is 853 g/mol. The van der Waals surface area contributed by atoms with Gasteiger partial charge >= 0.3 is 19.8 Å². The van der Waals surface area contributed by atoms with E-state index >= 15 is 0 Å². The molecule has 3 atom stereocenters. The fraction of sp³-hybridized carbons (Fsp3) is 0.750. The lowest BCUT2D eigenvalue weighted by Gasteiger charge is -2.20. The first kappa shape index (κ1) is 56.7. The average Bonchev–Trinajstić information content (AvgIpc) is 3.22. The minimum Gasteiger partial charge on any atom is -0.462 e. The zero-order chi connectivity index (χ0) is 43.3. The molecule has 3 N–H and O–H groups in total. The Morgan fingerprint density at radius 2 is 0.881 bits per heavy atom. The van der Waals surface area contributed by atoms with Crippen LogP contribution in [0.1, 0.15) is 194 Å². The van der Waals surface area contributed by atoms with Crippen molar-refractivity contribution >= 4 is 19.8 Å². The second-order valence-electron chi connectivity index (χ2n) is 15.4. The second-order valence-corrected chi connectivity index (χ2v) is 16.9. The van der Waals surface area contributed by atoms with Crippen LogP contribution < -0.4 is 0 Å². The predicted octanol–water partition coefficient (Wildman–Crippen LogP) is 12.7. The van der Waals surface area contributed by atoms with E-state index in [1.807, 2.05) is 0 Å².